The van der Waals surface area contributed by atoms with E-state index in [0.29, 0.717) is 12.2 Å². The number of anilines is 1. The molecule has 0 fully saturated rings. The molecular formula is C14H13BrFNO. The second-order valence-corrected chi connectivity index (χ2v) is 4.96. The van der Waals surface area contributed by atoms with Gasteiger partial charge in [0.05, 0.1) is 5.69 Å². The molecule has 0 saturated carbocycles. The Morgan fingerprint density at radius 3 is 2.78 bits per heavy atom. The van der Waals surface area contributed by atoms with Gasteiger partial charge in [-0.2, -0.15) is 0 Å². The van der Waals surface area contributed by atoms with Gasteiger partial charge in [-0.05, 0) is 47.1 Å². The predicted octanol–water partition coefficient (Wildman–Crippen LogP) is 4.21. The molecule has 0 unspecified atom stereocenters. The van der Waals surface area contributed by atoms with Crippen LogP contribution in [0.25, 0.3) is 0 Å². The van der Waals surface area contributed by atoms with E-state index in [4.69, 9.17) is 0 Å². The van der Waals surface area contributed by atoms with Gasteiger partial charge >= 0.3 is 0 Å². The van der Waals surface area contributed by atoms with Gasteiger partial charge in [0.1, 0.15) is 11.6 Å². The maximum Gasteiger partial charge on any atom is 0.125 e. The number of phenolic OH excluding ortho intramolecular Hbond substituents is 1. The van der Waals surface area contributed by atoms with Gasteiger partial charge in [-0.25, -0.2) is 4.39 Å². The Bertz CT molecular complexity index is 520. The average molecular weight is 310 g/mol. The van der Waals surface area contributed by atoms with Gasteiger partial charge in [0.15, 0.2) is 0 Å². The number of hydrogen-bond acceptors (Lipinski definition) is 2. The SMILES string of the molecule is Cc1ccc(O)c(CNc2cc(F)ccc2Br)c1. The minimum atomic E-state index is -0.297. The molecule has 0 spiro atoms. The molecule has 0 heterocycles. The smallest absolute Gasteiger partial charge is 0.125 e. The Balaban J connectivity index is 2.16. The van der Waals surface area contributed by atoms with Gasteiger partial charge < -0.3 is 10.4 Å². The van der Waals surface area contributed by atoms with E-state index < -0.39 is 0 Å². The van der Waals surface area contributed by atoms with Crippen LogP contribution < -0.4 is 5.32 Å². The lowest BCUT2D eigenvalue weighted by Gasteiger charge is -2.10. The Morgan fingerprint density at radius 2 is 2.00 bits per heavy atom. The van der Waals surface area contributed by atoms with Gasteiger partial charge in [-0.1, -0.05) is 17.7 Å². The Labute approximate surface area is 114 Å². The van der Waals surface area contributed by atoms with Crippen molar-refractivity contribution in [2.24, 2.45) is 0 Å². The van der Waals surface area contributed by atoms with Crippen molar-refractivity contribution < 1.29 is 9.50 Å². The minimum absolute atomic E-state index is 0.237. The standard InChI is InChI=1S/C14H13BrFNO/c1-9-2-5-14(18)10(6-9)8-17-13-7-11(16)3-4-12(13)15/h2-7,17-18H,8H2,1H3. The molecule has 0 aliphatic heterocycles. The van der Waals surface area contributed by atoms with E-state index in [9.17, 15) is 9.50 Å². The highest BCUT2D eigenvalue weighted by Gasteiger charge is 2.04. The van der Waals surface area contributed by atoms with Crippen LogP contribution in [0.5, 0.6) is 5.75 Å². The maximum atomic E-state index is 13.1. The van der Waals surface area contributed by atoms with E-state index in [2.05, 4.69) is 21.2 Å². The van der Waals surface area contributed by atoms with Crippen LogP contribution in [0.1, 0.15) is 11.1 Å². The first-order valence-corrected chi connectivity index (χ1v) is 6.33. The van der Waals surface area contributed by atoms with Crippen molar-refractivity contribution >= 4 is 21.6 Å². The fourth-order valence-corrected chi connectivity index (χ4v) is 2.07. The van der Waals surface area contributed by atoms with Crippen LogP contribution in [-0.4, -0.2) is 5.11 Å². The van der Waals surface area contributed by atoms with Gasteiger partial charge in [-0.15, -0.1) is 0 Å². The van der Waals surface area contributed by atoms with Crippen molar-refractivity contribution in [2.75, 3.05) is 5.32 Å². The highest BCUT2D eigenvalue weighted by atomic mass is 79.9. The molecule has 0 atom stereocenters. The first-order chi connectivity index (χ1) is 8.56. The third kappa shape index (κ3) is 3.01. The molecule has 2 nitrogen and oxygen atoms in total. The van der Waals surface area contributed by atoms with Crippen molar-refractivity contribution in [1.82, 2.24) is 0 Å². The number of rotatable bonds is 3. The van der Waals surface area contributed by atoms with Crippen LogP contribution in [0, 0.1) is 12.7 Å². The summed E-state index contributed by atoms with van der Waals surface area (Å²) in [5, 5.41) is 12.8. The first-order valence-electron chi connectivity index (χ1n) is 5.53. The lowest BCUT2D eigenvalue weighted by molar-refractivity contribution is 0.469. The third-order valence-electron chi connectivity index (χ3n) is 2.63. The van der Waals surface area contributed by atoms with Gasteiger partial charge in [0.25, 0.3) is 0 Å². The lowest BCUT2D eigenvalue weighted by atomic mass is 10.1. The number of nitrogens with one attached hydrogen (secondary N) is 1. The summed E-state index contributed by atoms with van der Waals surface area (Å²) in [6, 6.07) is 9.85. The summed E-state index contributed by atoms with van der Waals surface area (Å²) in [6.07, 6.45) is 0. The molecule has 0 aromatic heterocycles. The van der Waals surface area contributed by atoms with E-state index >= 15 is 0 Å². The van der Waals surface area contributed by atoms with Gasteiger partial charge in [0, 0.05) is 16.6 Å². The van der Waals surface area contributed by atoms with Gasteiger partial charge in [-0.3, -0.25) is 0 Å². The van der Waals surface area contributed by atoms with Crippen molar-refractivity contribution in [3.63, 3.8) is 0 Å². The summed E-state index contributed by atoms with van der Waals surface area (Å²) < 4.78 is 13.9. The molecule has 0 aliphatic rings. The molecule has 4 heteroatoms. The molecule has 0 aliphatic carbocycles. The van der Waals surface area contributed by atoms with E-state index in [1.807, 2.05) is 19.1 Å². The van der Waals surface area contributed by atoms with E-state index in [1.165, 1.54) is 12.1 Å². The van der Waals surface area contributed by atoms with Crippen LogP contribution >= 0.6 is 15.9 Å². The van der Waals surface area contributed by atoms with Crippen molar-refractivity contribution in [3.05, 3.63) is 57.8 Å². The summed E-state index contributed by atoms with van der Waals surface area (Å²) in [7, 11) is 0. The summed E-state index contributed by atoms with van der Waals surface area (Å²) >= 11 is 3.35. The zero-order valence-electron chi connectivity index (χ0n) is 9.87. The largest absolute Gasteiger partial charge is 0.508 e. The third-order valence-corrected chi connectivity index (χ3v) is 3.32. The molecule has 0 radical (unpaired) electrons. The summed E-state index contributed by atoms with van der Waals surface area (Å²) in [6.45, 7) is 2.40. The van der Waals surface area contributed by atoms with Crippen LogP contribution in [-0.2, 0) is 6.54 Å². The molecule has 18 heavy (non-hydrogen) atoms. The van der Waals surface area contributed by atoms with Crippen molar-refractivity contribution in [2.45, 2.75) is 13.5 Å². The topological polar surface area (TPSA) is 32.3 Å². The zero-order chi connectivity index (χ0) is 13.1. The number of benzene rings is 2. The predicted molar refractivity (Wildman–Crippen MR) is 74.3 cm³/mol. The molecule has 2 N–H and O–H groups in total. The Morgan fingerprint density at radius 1 is 1.22 bits per heavy atom. The van der Waals surface area contributed by atoms with Crippen LogP contribution in [0.4, 0.5) is 10.1 Å². The van der Waals surface area contributed by atoms with Gasteiger partial charge in [0.2, 0.25) is 0 Å². The number of aromatic hydroxyl groups is 1. The van der Waals surface area contributed by atoms with Crippen molar-refractivity contribution in [1.29, 1.82) is 0 Å². The molecule has 0 bridgehead atoms. The number of aryl methyl sites for hydroxylation is 1. The molecule has 0 amide bonds. The summed E-state index contributed by atoms with van der Waals surface area (Å²) in [5.41, 5.74) is 2.52. The second-order valence-electron chi connectivity index (χ2n) is 4.11. The number of hydrogen-bond donors (Lipinski definition) is 2. The molecule has 2 rings (SSSR count). The van der Waals surface area contributed by atoms with Crippen LogP contribution in [0.2, 0.25) is 0 Å². The first kappa shape index (κ1) is 12.9. The fourth-order valence-electron chi connectivity index (χ4n) is 1.68. The van der Waals surface area contributed by atoms with Crippen LogP contribution in [0.3, 0.4) is 0 Å². The average Bonchev–Trinajstić information content (AvgIpc) is 2.34. The summed E-state index contributed by atoms with van der Waals surface area (Å²) in [4.78, 5) is 0. The molecule has 2 aromatic carbocycles. The van der Waals surface area contributed by atoms with E-state index in [1.54, 1.807) is 12.1 Å². The highest BCUT2D eigenvalue weighted by molar-refractivity contribution is 9.10. The zero-order valence-corrected chi connectivity index (χ0v) is 11.5. The normalized spacial score (nSPS) is 10.4. The quantitative estimate of drug-likeness (QED) is 0.890. The number of halogens is 2. The fraction of sp³-hybridized carbons (Fsp3) is 0.143. The molecular weight excluding hydrogens is 297 g/mol. The summed E-state index contributed by atoms with van der Waals surface area (Å²) in [5.74, 6) is -0.0604. The minimum Gasteiger partial charge on any atom is -0.508 e. The van der Waals surface area contributed by atoms with Crippen molar-refractivity contribution in [3.8, 4) is 5.75 Å². The second kappa shape index (κ2) is 5.40. The maximum absolute atomic E-state index is 13.1. The monoisotopic (exact) mass is 309 g/mol. The highest BCUT2D eigenvalue weighted by Crippen LogP contribution is 2.25. The van der Waals surface area contributed by atoms with Crippen LogP contribution in [0.15, 0.2) is 40.9 Å². The molecule has 2 aromatic rings. The molecule has 0 saturated heterocycles. The Hall–Kier alpha value is -1.55. The molecule has 94 valence electrons. The van der Waals surface area contributed by atoms with E-state index in [-0.39, 0.29) is 11.6 Å². The lowest BCUT2D eigenvalue weighted by Crippen LogP contribution is -2.01. The number of phenols is 1. The Kier molecular flexibility index (Phi) is 3.87. The van der Waals surface area contributed by atoms with E-state index in [0.717, 1.165) is 15.6 Å².